The van der Waals surface area contributed by atoms with E-state index in [2.05, 4.69) is 45.4 Å². The lowest BCUT2D eigenvalue weighted by Crippen LogP contribution is -2.45. The van der Waals surface area contributed by atoms with Gasteiger partial charge in [0.25, 0.3) is 15.9 Å². The molecule has 252 valence electrons. The Hall–Kier alpha value is -4.62. The fourth-order valence-electron chi connectivity index (χ4n) is 5.98. The second-order valence-electron chi connectivity index (χ2n) is 13.4. The fraction of sp³-hybridized carbons (Fsp3) is 0.400. The molecule has 1 amide bonds. The maximum Gasteiger partial charge on any atom is 0.264 e. The zero-order valence-electron chi connectivity index (χ0n) is 27.8. The van der Waals surface area contributed by atoms with Gasteiger partial charge in [0.1, 0.15) is 18.5 Å². The van der Waals surface area contributed by atoms with Crippen molar-refractivity contribution in [1.29, 1.82) is 0 Å². The van der Waals surface area contributed by atoms with Gasteiger partial charge in [-0.05, 0) is 55.0 Å². The summed E-state index contributed by atoms with van der Waals surface area (Å²) in [7, 11) is -4.18. The van der Waals surface area contributed by atoms with Crippen molar-refractivity contribution in [1.82, 2.24) is 24.8 Å². The third kappa shape index (κ3) is 7.74. The van der Waals surface area contributed by atoms with Gasteiger partial charge < -0.3 is 19.1 Å². The lowest BCUT2D eigenvalue weighted by atomic mass is 9.87. The monoisotopic (exact) mass is 672 g/mol. The highest BCUT2D eigenvalue weighted by atomic mass is 32.2. The molecule has 4 bridgehead atoms. The highest BCUT2D eigenvalue weighted by Crippen LogP contribution is 2.31. The summed E-state index contributed by atoms with van der Waals surface area (Å²) in [5.41, 5.74) is 3.28. The normalized spacial score (nSPS) is 19.4. The summed E-state index contributed by atoms with van der Waals surface area (Å²) in [6.07, 6.45) is 4.49. The number of fused-ring (bicyclic) bond motifs is 4. The maximum absolute atomic E-state index is 14.4. The molecule has 4 heterocycles. The molecule has 2 aromatic carbocycles. The van der Waals surface area contributed by atoms with Gasteiger partial charge in [0.15, 0.2) is 5.75 Å². The molecule has 2 aromatic heterocycles. The number of aromatic nitrogens is 4. The van der Waals surface area contributed by atoms with E-state index in [1.807, 2.05) is 32.0 Å². The number of hydrogen-bond donors (Lipinski definition) is 1. The van der Waals surface area contributed by atoms with E-state index in [4.69, 9.17) is 14.2 Å². The smallest absolute Gasteiger partial charge is 0.264 e. The van der Waals surface area contributed by atoms with E-state index in [1.54, 1.807) is 35.5 Å². The van der Waals surface area contributed by atoms with Gasteiger partial charge in [-0.15, -0.1) is 0 Å². The highest BCUT2D eigenvalue weighted by Gasteiger charge is 2.32. The fourth-order valence-corrected chi connectivity index (χ4v) is 6.97. The van der Waals surface area contributed by atoms with Crippen molar-refractivity contribution >= 4 is 21.9 Å². The van der Waals surface area contributed by atoms with Crippen LogP contribution in [0.1, 0.15) is 60.9 Å². The predicted molar refractivity (Wildman–Crippen MR) is 179 cm³/mol. The molecule has 2 aliphatic heterocycles. The first-order chi connectivity index (χ1) is 22.8. The minimum atomic E-state index is -4.18. The summed E-state index contributed by atoms with van der Waals surface area (Å²) >= 11 is 0. The van der Waals surface area contributed by atoms with E-state index in [-0.39, 0.29) is 52.9 Å². The van der Waals surface area contributed by atoms with Crippen LogP contribution >= 0.6 is 0 Å². The van der Waals surface area contributed by atoms with Crippen LogP contribution in [0.4, 0.5) is 5.95 Å². The first-order valence-electron chi connectivity index (χ1n) is 15.9. The number of rotatable bonds is 6. The molecule has 2 aliphatic rings. The van der Waals surface area contributed by atoms with E-state index in [0.29, 0.717) is 36.9 Å². The van der Waals surface area contributed by atoms with Crippen molar-refractivity contribution in [3.8, 4) is 22.9 Å². The quantitative estimate of drug-likeness (QED) is 0.284. The lowest BCUT2D eigenvalue weighted by Gasteiger charge is -2.35. The van der Waals surface area contributed by atoms with E-state index >= 15 is 0 Å². The number of sulfonamides is 1. The topological polar surface area (TPSA) is 146 Å². The summed E-state index contributed by atoms with van der Waals surface area (Å²) in [5, 5.41) is 0. The Balaban J connectivity index is 1.42. The molecular weight excluding hydrogens is 632 g/mol. The van der Waals surface area contributed by atoms with Gasteiger partial charge in [0.05, 0.1) is 48.8 Å². The Kier molecular flexibility index (Phi) is 9.35. The predicted octanol–water partition coefficient (Wildman–Crippen LogP) is 5.36. The van der Waals surface area contributed by atoms with Crippen molar-refractivity contribution in [2.75, 3.05) is 24.5 Å². The molecular formula is C35H40N6O6S. The molecule has 1 saturated heterocycles. The number of amides is 1. The van der Waals surface area contributed by atoms with Crippen LogP contribution < -0.4 is 14.2 Å². The van der Waals surface area contributed by atoms with Gasteiger partial charge in [0.2, 0.25) is 11.8 Å². The van der Waals surface area contributed by atoms with Gasteiger partial charge in [-0.25, -0.2) is 28.1 Å². The van der Waals surface area contributed by atoms with Crippen LogP contribution in [-0.2, 0) is 21.3 Å². The second kappa shape index (κ2) is 13.5. The van der Waals surface area contributed by atoms with Crippen molar-refractivity contribution in [2.24, 2.45) is 5.41 Å². The van der Waals surface area contributed by atoms with Gasteiger partial charge in [0, 0.05) is 23.6 Å². The number of benzene rings is 2. The number of ether oxygens (including phenoxy) is 3. The number of hydrogen-bond acceptors (Lipinski definition) is 10. The van der Waals surface area contributed by atoms with Gasteiger partial charge in [-0.3, -0.25) is 4.79 Å². The van der Waals surface area contributed by atoms with Crippen molar-refractivity contribution < 1.29 is 27.4 Å². The molecule has 12 nitrogen and oxygen atoms in total. The first kappa shape index (κ1) is 33.3. The Morgan fingerprint density at radius 3 is 2.42 bits per heavy atom. The average molecular weight is 673 g/mol. The van der Waals surface area contributed by atoms with Crippen LogP contribution in [0.2, 0.25) is 0 Å². The summed E-state index contributed by atoms with van der Waals surface area (Å²) in [4.78, 5) is 34.0. The molecule has 1 N–H and O–H groups in total. The third-order valence-corrected chi connectivity index (χ3v) is 9.54. The zero-order chi connectivity index (χ0) is 34.1. The standard InChI is InChI=1S/C35H40N6O6S/c1-22-8-6-9-23(2)32(22)29-15-31-39-34(38-29)40-48(43,44)28-11-7-10-24(14-28)33(42)41(25(20-46-31)16-35(3,4)5)19-30-36-17-27(18-37-30)47-26-12-13-45-21-26/h6-11,14-15,17-18,25-26H,12-13,16,19-21H2,1-5H3,(H,38,39,40)/t25-,26?/m1/s1. The van der Waals surface area contributed by atoms with Crippen molar-refractivity contribution in [3.63, 3.8) is 0 Å². The van der Waals surface area contributed by atoms with E-state index in [1.165, 1.54) is 12.1 Å². The lowest BCUT2D eigenvalue weighted by molar-refractivity contribution is 0.0505. The number of carbonyl (C=O) groups excluding carboxylic acids is 1. The number of nitrogens with one attached hydrogen (secondary N) is 1. The Morgan fingerprint density at radius 1 is 1.00 bits per heavy atom. The van der Waals surface area contributed by atoms with Crippen molar-refractivity contribution in [3.05, 3.63) is 83.4 Å². The molecule has 4 aromatic rings. The summed E-state index contributed by atoms with van der Waals surface area (Å²) < 4.78 is 47.5. The van der Waals surface area contributed by atoms with Crippen LogP contribution in [0.3, 0.4) is 0 Å². The minimum Gasteiger partial charge on any atom is -0.485 e. The molecule has 6 rings (SSSR count). The largest absolute Gasteiger partial charge is 0.485 e. The molecule has 1 fully saturated rings. The van der Waals surface area contributed by atoms with E-state index in [9.17, 15) is 13.2 Å². The number of carbonyl (C=O) groups is 1. The number of nitrogens with zero attached hydrogens (tertiary/aromatic N) is 5. The molecule has 0 saturated carbocycles. The average Bonchev–Trinajstić information content (AvgIpc) is 3.54. The van der Waals surface area contributed by atoms with E-state index < -0.39 is 16.1 Å². The molecule has 0 aliphatic carbocycles. The summed E-state index contributed by atoms with van der Waals surface area (Å²) in [6, 6.07) is 13.1. The zero-order valence-corrected chi connectivity index (χ0v) is 28.6. The third-order valence-electron chi connectivity index (χ3n) is 8.21. The molecule has 2 atom stereocenters. The number of aryl methyl sites for hydroxylation is 2. The molecule has 48 heavy (non-hydrogen) atoms. The Morgan fingerprint density at radius 2 is 1.73 bits per heavy atom. The SMILES string of the molecule is Cc1cccc(C)c1-c1cc2nc(n1)NS(=O)(=O)c1cccc(c1)C(=O)N(Cc1ncc(OC3CCOC3)cn1)[C@H](CC(C)(C)C)CO2. The Bertz CT molecular complexity index is 1890. The summed E-state index contributed by atoms with van der Waals surface area (Å²) in [6.45, 7) is 11.5. The second-order valence-corrected chi connectivity index (χ2v) is 15.1. The van der Waals surface area contributed by atoms with E-state index in [0.717, 1.165) is 23.1 Å². The van der Waals surface area contributed by atoms with Crippen LogP contribution in [0.25, 0.3) is 11.3 Å². The molecule has 0 spiro atoms. The molecule has 0 radical (unpaired) electrons. The van der Waals surface area contributed by atoms with Crippen LogP contribution in [0.5, 0.6) is 11.6 Å². The van der Waals surface area contributed by atoms with Crippen LogP contribution in [0.15, 0.2) is 65.8 Å². The van der Waals surface area contributed by atoms with Gasteiger partial charge in [-0.1, -0.05) is 45.0 Å². The molecule has 1 unspecified atom stereocenters. The van der Waals surface area contributed by atoms with Gasteiger partial charge in [-0.2, -0.15) is 4.98 Å². The van der Waals surface area contributed by atoms with Crippen molar-refractivity contribution in [2.45, 2.75) is 71.0 Å². The number of anilines is 1. The summed E-state index contributed by atoms with van der Waals surface area (Å²) in [5.74, 6) is 0.570. The molecule has 13 heteroatoms. The maximum atomic E-state index is 14.4. The highest BCUT2D eigenvalue weighted by molar-refractivity contribution is 7.92. The van der Waals surface area contributed by atoms with Crippen LogP contribution in [-0.4, -0.2) is 71.1 Å². The minimum absolute atomic E-state index is 0.0493. The van der Waals surface area contributed by atoms with Crippen LogP contribution in [0, 0.1) is 19.3 Å². The first-order valence-corrected chi connectivity index (χ1v) is 17.4. The Labute approximate surface area is 281 Å². The van der Waals surface area contributed by atoms with Gasteiger partial charge >= 0.3 is 0 Å².